The highest BCUT2D eigenvalue weighted by Gasteiger charge is 2.49. The van der Waals surface area contributed by atoms with Crippen LogP contribution in [0.2, 0.25) is 0 Å². The third kappa shape index (κ3) is 3.09. The number of rotatable bonds is 4. The lowest BCUT2D eigenvalue weighted by molar-refractivity contribution is -0.131. The second kappa shape index (κ2) is 6.75. The van der Waals surface area contributed by atoms with Gasteiger partial charge in [0.1, 0.15) is 0 Å². The fourth-order valence-electron chi connectivity index (χ4n) is 4.42. The molecule has 1 fully saturated rings. The van der Waals surface area contributed by atoms with Crippen molar-refractivity contribution in [3.05, 3.63) is 59.9 Å². The number of anilines is 1. The molecule has 3 heterocycles. The zero-order valence-corrected chi connectivity index (χ0v) is 15.7. The molecule has 0 saturated carbocycles. The van der Waals surface area contributed by atoms with E-state index in [1.807, 2.05) is 12.3 Å². The summed E-state index contributed by atoms with van der Waals surface area (Å²) in [6, 6.07) is 14.8. The number of amides is 1. The highest BCUT2D eigenvalue weighted by Crippen LogP contribution is 2.45. The lowest BCUT2D eigenvalue weighted by Gasteiger charge is -2.26. The van der Waals surface area contributed by atoms with E-state index in [2.05, 4.69) is 60.0 Å². The molecule has 26 heavy (non-hydrogen) atoms. The quantitative estimate of drug-likeness (QED) is 0.846. The van der Waals surface area contributed by atoms with Crippen LogP contribution in [-0.2, 0) is 16.8 Å². The van der Waals surface area contributed by atoms with E-state index in [1.165, 1.54) is 16.9 Å². The molecule has 1 atom stereocenters. The highest BCUT2D eigenvalue weighted by molar-refractivity contribution is 5.77. The first-order valence-electron chi connectivity index (χ1n) is 9.59. The van der Waals surface area contributed by atoms with Crippen LogP contribution in [0.3, 0.4) is 0 Å². The van der Waals surface area contributed by atoms with Crippen molar-refractivity contribution in [3.63, 3.8) is 0 Å². The van der Waals surface area contributed by atoms with Crippen molar-refractivity contribution in [2.24, 2.45) is 5.92 Å². The van der Waals surface area contributed by atoms with Crippen LogP contribution in [0, 0.1) is 5.92 Å². The fraction of sp³-hybridized carbons (Fsp3) is 0.455. The van der Waals surface area contributed by atoms with Crippen molar-refractivity contribution in [2.75, 3.05) is 24.5 Å². The summed E-state index contributed by atoms with van der Waals surface area (Å²) in [5.74, 6) is 0.693. The molecule has 0 radical (unpaired) electrons. The number of carbonyl (C=O) groups excluding carboxylic acids is 1. The first-order valence-corrected chi connectivity index (χ1v) is 9.59. The monoisotopic (exact) mass is 349 g/mol. The standard InChI is InChI=1S/C22H27N3O/c1-17(2)13-20(26)24-12-10-22(15-24)16-25(14-18-7-4-3-5-8-18)19-9-6-11-23-21(19)22/h3-9,11,17H,10,12-16H2,1-2H3/t22-/m1/s1. The molecule has 0 aliphatic carbocycles. The van der Waals surface area contributed by atoms with E-state index in [0.29, 0.717) is 12.3 Å². The van der Waals surface area contributed by atoms with E-state index < -0.39 is 0 Å². The normalized spacial score (nSPS) is 21.7. The van der Waals surface area contributed by atoms with Gasteiger partial charge in [-0.05, 0) is 30.0 Å². The minimum Gasteiger partial charge on any atom is -0.365 e. The Kier molecular flexibility index (Phi) is 4.43. The number of carbonyl (C=O) groups is 1. The Bertz CT molecular complexity index is 789. The number of benzene rings is 1. The first-order chi connectivity index (χ1) is 12.6. The Balaban J connectivity index is 1.58. The summed E-state index contributed by atoms with van der Waals surface area (Å²) in [4.78, 5) is 21.8. The molecule has 4 rings (SSSR count). The molecular formula is C22H27N3O. The molecule has 0 unspecified atom stereocenters. The van der Waals surface area contributed by atoms with Gasteiger partial charge in [0, 0.05) is 38.8 Å². The smallest absolute Gasteiger partial charge is 0.222 e. The summed E-state index contributed by atoms with van der Waals surface area (Å²) in [6.45, 7) is 7.70. The number of fused-ring (bicyclic) bond motifs is 2. The number of hydrogen-bond acceptors (Lipinski definition) is 3. The average molecular weight is 349 g/mol. The van der Waals surface area contributed by atoms with E-state index in [0.717, 1.165) is 32.6 Å². The number of pyridine rings is 1. The van der Waals surface area contributed by atoms with Crippen LogP contribution in [0.4, 0.5) is 5.69 Å². The van der Waals surface area contributed by atoms with Crippen molar-refractivity contribution in [2.45, 2.75) is 38.6 Å². The zero-order chi connectivity index (χ0) is 18.1. The van der Waals surface area contributed by atoms with E-state index in [1.54, 1.807) is 0 Å². The third-order valence-corrected chi connectivity index (χ3v) is 5.63. The largest absolute Gasteiger partial charge is 0.365 e. The third-order valence-electron chi connectivity index (χ3n) is 5.63. The van der Waals surface area contributed by atoms with Gasteiger partial charge in [0.25, 0.3) is 0 Å². The summed E-state index contributed by atoms with van der Waals surface area (Å²) in [7, 11) is 0. The summed E-state index contributed by atoms with van der Waals surface area (Å²) in [5.41, 5.74) is 3.70. The number of hydrogen-bond donors (Lipinski definition) is 0. The summed E-state index contributed by atoms with van der Waals surface area (Å²) in [6.07, 6.45) is 3.54. The SMILES string of the molecule is CC(C)CC(=O)N1CC[C@@]2(C1)CN(Cc1ccccc1)c1cccnc12. The highest BCUT2D eigenvalue weighted by atomic mass is 16.2. The van der Waals surface area contributed by atoms with Crippen LogP contribution in [0.25, 0.3) is 0 Å². The maximum absolute atomic E-state index is 12.6. The van der Waals surface area contributed by atoms with E-state index in [-0.39, 0.29) is 11.3 Å². The summed E-state index contributed by atoms with van der Waals surface area (Å²) >= 11 is 0. The molecule has 4 nitrogen and oxygen atoms in total. The minimum absolute atomic E-state index is 0.0159. The topological polar surface area (TPSA) is 36.4 Å². The summed E-state index contributed by atoms with van der Waals surface area (Å²) in [5, 5.41) is 0. The lowest BCUT2D eigenvalue weighted by Crippen LogP contribution is -2.38. The van der Waals surface area contributed by atoms with E-state index in [9.17, 15) is 4.79 Å². The Morgan fingerprint density at radius 3 is 2.73 bits per heavy atom. The van der Waals surface area contributed by atoms with Crippen LogP contribution in [0.15, 0.2) is 48.7 Å². The van der Waals surface area contributed by atoms with Gasteiger partial charge < -0.3 is 9.80 Å². The lowest BCUT2D eigenvalue weighted by atomic mass is 9.85. The van der Waals surface area contributed by atoms with Crippen LogP contribution in [-0.4, -0.2) is 35.4 Å². The molecule has 2 aliphatic heterocycles. The number of likely N-dealkylation sites (tertiary alicyclic amines) is 1. The maximum Gasteiger partial charge on any atom is 0.222 e. The first kappa shape index (κ1) is 17.1. The minimum atomic E-state index is -0.0159. The van der Waals surface area contributed by atoms with Gasteiger partial charge in [-0.25, -0.2) is 0 Å². The van der Waals surface area contributed by atoms with Gasteiger partial charge in [-0.1, -0.05) is 44.2 Å². The fourth-order valence-corrected chi connectivity index (χ4v) is 4.42. The Morgan fingerprint density at radius 1 is 1.15 bits per heavy atom. The van der Waals surface area contributed by atoms with Crippen molar-refractivity contribution < 1.29 is 4.79 Å². The summed E-state index contributed by atoms with van der Waals surface area (Å²) < 4.78 is 0. The second-order valence-corrected chi connectivity index (χ2v) is 8.16. The van der Waals surface area contributed by atoms with Crippen LogP contribution in [0.1, 0.15) is 37.9 Å². The van der Waals surface area contributed by atoms with Crippen molar-refractivity contribution >= 4 is 11.6 Å². The number of nitrogens with zero attached hydrogens (tertiary/aromatic N) is 3. The predicted octanol–water partition coefficient (Wildman–Crippen LogP) is 3.62. The molecule has 0 bridgehead atoms. The van der Waals surface area contributed by atoms with E-state index in [4.69, 9.17) is 4.98 Å². The molecular weight excluding hydrogens is 322 g/mol. The number of aromatic nitrogens is 1. The molecule has 1 aromatic heterocycles. The van der Waals surface area contributed by atoms with Crippen LogP contribution < -0.4 is 4.90 Å². The van der Waals surface area contributed by atoms with Gasteiger partial charge in [0.05, 0.1) is 16.8 Å². The van der Waals surface area contributed by atoms with Crippen LogP contribution >= 0.6 is 0 Å². The Labute approximate surface area is 155 Å². The predicted molar refractivity (Wildman–Crippen MR) is 104 cm³/mol. The van der Waals surface area contributed by atoms with Gasteiger partial charge >= 0.3 is 0 Å². The van der Waals surface area contributed by atoms with Gasteiger partial charge in [0.2, 0.25) is 5.91 Å². The molecule has 0 N–H and O–H groups in total. The molecule has 136 valence electrons. The molecule has 1 saturated heterocycles. The van der Waals surface area contributed by atoms with Crippen LogP contribution in [0.5, 0.6) is 0 Å². The zero-order valence-electron chi connectivity index (χ0n) is 15.7. The van der Waals surface area contributed by atoms with Gasteiger partial charge in [-0.3, -0.25) is 9.78 Å². The van der Waals surface area contributed by atoms with Crippen molar-refractivity contribution in [1.82, 2.24) is 9.88 Å². The molecule has 1 spiro atoms. The maximum atomic E-state index is 12.6. The second-order valence-electron chi connectivity index (χ2n) is 8.16. The van der Waals surface area contributed by atoms with Gasteiger partial charge in [0.15, 0.2) is 0 Å². The molecule has 2 aromatic rings. The van der Waals surface area contributed by atoms with Gasteiger partial charge in [-0.2, -0.15) is 0 Å². The van der Waals surface area contributed by atoms with E-state index >= 15 is 0 Å². The molecule has 4 heteroatoms. The van der Waals surface area contributed by atoms with Crippen molar-refractivity contribution in [3.8, 4) is 0 Å². The molecule has 1 aromatic carbocycles. The molecule has 2 aliphatic rings. The Morgan fingerprint density at radius 2 is 1.96 bits per heavy atom. The van der Waals surface area contributed by atoms with Crippen molar-refractivity contribution in [1.29, 1.82) is 0 Å². The van der Waals surface area contributed by atoms with Gasteiger partial charge in [-0.15, -0.1) is 0 Å². The average Bonchev–Trinajstić information content (AvgIpc) is 3.19. The molecule has 1 amide bonds. The Hall–Kier alpha value is -2.36.